The Bertz CT molecular complexity index is 467. The van der Waals surface area contributed by atoms with E-state index in [9.17, 15) is 4.79 Å². The lowest BCUT2D eigenvalue weighted by molar-refractivity contribution is -0.143. The molecule has 1 aliphatic carbocycles. The van der Waals surface area contributed by atoms with Crippen LogP contribution in [-0.4, -0.2) is 23.9 Å². The van der Waals surface area contributed by atoms with E-state index in [1.165, 1.54) is 18.4 Å². The molecule has 1 amide bonds. The van der Waals surface area contributed by atoms with E-state index < -0.39 is 0 Å². The molecule has 1 aliphatic heterocycles. The maximum atomic E-state index is 13.1. The minimum atomic E-state index is -0.210. The predicted octanol–water partition coefficient (Wildman–Crippen LogP) is 3.61. The fraction of sp³-hybridized carbons (Fsp3) is 0.611. The first kappa shape index (κ1) is 13.7. The second-order valence-electron chi connectivity index (χ2n) is 6.96. The highest BCUT2D eigenvalue weighted by Gasteiger charge is 2.48. The van der Waals surface area contributed by atoms with Crippen LogP contribution in [0.1, 0.15) is 45.1 Å². The summed E-state index contributed by atoms with van der Waals surface area (Å²) in [6.07, 6.45) is 4.48. The van der Waals surface area contributed by atoms with Gasteiger partial charge in [-0.3, -0.25) is 4.79 Å². The van der Waals surface area contributed by atoms with Crippen molar-refractivity contribution in [3.63, 3.8) is 0 Å². The number of rotatable bonds is 2. The van der Waals surface area contributed by atoms with E-state index in [2.05, 4.69) is 43.0 Å². The summed E-state index contributed by atoms with van der Waals surface area (Å²) >= 11 is 0. The fourth-order valence-electron chi connectivity index (χ4n) is 4.04. The van der Waals surface area contributed by atoms with Crippen LogP contribution in [0, 0.1) is 11.8 Å². The first-order valence-corrected chi connectivity index (χ1v) is 7.97. The number of likely N-dealkylation sites (tertiary alicyclic amines) is 1. The maximum Gasteiger partial charge on any atom is 0.233 e. The SMILES string of the molecule is CC1CC(C)CN(C(=O)C2(c3ccccc3)CCC2)C1. The lowest BCUT2D eigenvalue weighted by atomic mass is 9.63. The molecule has 2 nitrogen and oxygen atoms in total. The molecule has 1 aromatic rings. The smallest absolute Gasteiger partial charge is 0.233 e. The molecule has 2 atom stereocenters. The van der Waals surface area contributed by atoms with E-state index in [-0.39, 0.29) is 5.41 Å². The van der Waals surface area contributed by atoms with Gasteiger partial charge in [0.25, 0.3) is 0 Å². The molecule has 0 N–H and O–H groups in total. The lowest BCUT2D eigenvalue weighted by Crippen LogP contribution is -2.54. The van der Waals surface area contributed by atoms with E-state index in [0.29, 0.717) is 17.7 Å². The van der Waals surface area contributed by atoms with E-state index >= 15 is 0 Å². The van der Waals surface area contributed by atoms with Gasteiger partial charge in [0, 0.05) is 13.1 Å². The number of amides is 1. The second-order valence-corrected chi connectivity index (χ2v) is 6.96. The number of carbonyl (C=O) groups is 1. The monoisotopic (exact) mass is 271 g/mol. The summed E-state index contributed by atoms with van der Waals surface area (Å²) in [5, 5.41) is 0. The van der Waals surface area contributed by atoms with E-state index in [1.54, 1.807) is 0 Å². The zero-order chi connectivity index (χ0) is 14.2. The average molecular weight is 271 g/mol. The van der Waals surface area contributed by atoms with Crippen molar-refractivity contribution in [1.29, 1.82) is 0 Å². The molecule has 108 valence electrons. The summed E-state index contributed by atoms with van der Waals surface area (Å²) < 4.78 is 0. The minimum absolute atomic E-state index is 0.210. The Morgan fingerprint density at radius 2 is 1.70 bits per heavy atom. The average Bonchev–Trinajstić information content (AvgIpc) is 2.37. The molecule has 1 heterocycles. The number of hydrogen-bond acceptors (Lipinski definition) is 1. The van der Waals surface area contributed by atoms with Gasteiger partial charge in [0.2, 0.25) is 5.91 Å². The number of benzene rings is 1. The van der Waals surface area contributed by atoms with Gasteiger partial charge in [0.1, 0.15) is 0 Å². The van der Waals surface area contributed by atoms with Crippen molar-refractivity contribution in [3.8, 4) is 0 Å². The molecule has 2 fully saturated rings. The van der Waals surface area contributed by atoms with Gasteiger partial charge >= 0.3 is 0 Å². The van der Waals surface area contributed by atoms with Crippen LogP contribution in [0.25, 0.3) is 0 Å². The third kappa shape index (κ3) is 2.25. The normalized spacial score (nSPS) is 28.8. The van der Waals surface area contributed by atoms with Crippen LogP contribution < -0.4 is 0 Å². The summed E-state index contributed by atoms with van der Waals surface area (Å²) in [6.45, 7) is 6.42. The Labute approximate surface area is 122 Å². The molecule has 1 aromatic carbocycles. The summed E-state index contributed by atoms with van der Waals surface area (Å²) in [4.78, 5) is 15.3. The van der Waals surface area contributed by atoms with Crippen LogP contribution in [0.4, 0.5) is 0 Å². The first-order chi connectivity index (χ1) is 9.62. The van der Waals surface area contributed by atoms with Crippen molar-refractivity contribution in [2.45, 2.75) is 44.9 Å². The largest absolute Gasteiger partial charge is 0.341 e. The van der Waals surface area contributed by atoms with E-state index in [1.807, 2.05) is 6.07 Å². The molecular weight excluding hydrogens is 246 g/mol. The molecule has 1 saturated carbocycles. The van der Waals surface area contributed by atoms with Crippen LogP contribution in [0.5, 0.6) is 0 Å². The van der Waals surface area contributed by atoms with Crippen molar-refractivity contribution < 1.29 is 4.79 Å². The molecule has 1 saturated heterocycles. The van der Waals surface area contributed by atoms with Crippen molar-refractivity contribution in [1.82, 2.24) is 4.90 Å². The van der Waals surface area contributed by atoms with Gasteiger partial charge in [-0.15, -0.1) is 0 Å². The minimum Gasteiger partial charge on any atom is -0.341 e. The van der Waals surface area contributed by atoms with Crippen LogP contribution in [0.15, 0.2) is 30.3 Å². The Kier molecular flexibility index (Phi) is 3.57. The Morgan fingerprint density at radius 3 is 2.20 bits per heavy atom. The molecule has 0 bridgehead atoms. The third-order valence-corrected chi connectivity index (χ3v) is 5.10. The van der Waals surface area contributed by atoms with Crippen molar-refractivity contribution in [2.75, 3.05) is 13.1 Å². The third-order valence-electron chi connectivity index (χ3n) is 5.10. The molecular formula is C18H25NO. The Morgan fingerprint density at radius 1 is 1.10 bits per heavy atom. The number of piperidine rings is 1. The molecule has 0 radical (unpaired) electrons. The van der Waals surface area contributed by atoms with Crippen LogP contribution >= 0.6 is 0 Å². The van der Waals surface area contributed by atoms with Crippen LogP contribution in [0.3, 0.4) is 0 Å². The topological polar surface area (TPSA) is 20.3 Å². The van der Waals surface area contributed by atoms with Gasteiger partial charge in [-0.1, -0.05) is 50.6 Å². The zero-order valence-corrected chi connectivity index (χ0v) is 12.6. The van der Waals surface area contributed by atoms with Gasteiger partial charge in [0.15, 0.2) is 0 Å². The van der Waals surface area contributed by atoms with Crippen LogP contribution in [-0.2, 0) is 10.2 Å². The highest BCUT2D eigenvalue weighted by molar-refractivity contribution is 5.89. The van der Waals surface area contributed by atoms with E-state index in [4.69, 9.17) is 0 Å². The molecule has 20 heavy (non-hydrogen) atoms. The standard InChI is InChI=1S/C18H25NO/c1-14-11-15(2)13-19(12-14)17(20)18(9-6-10-18)16-7-4-3-5-8-16/h3-5,7-8,14-15H,6,9-13H2,1-2H3. The fourth-order valence-corrected chi connectivity index (χ4v) is 4.04. The number of carbonyl (C=O) groups excluding carboxylic acids is 1. The van der Waals surface area contributed by atoms with E-state index in [0.717, 1.165) is 25.9 Å². The zero-order valence-electron chi connectivity index (χ0n) is 12.6. The Balaban J connectivity index is 1.84. The molecule has 0 aromatic heterocycles. The summed E-state index contributed by atoms with van der Waals surface area (Å²) in [5.41, 5.74) is 1.01. The van der Waals surface area contributed by atoms with Gasteiger partial charge < -0.3 is 4.90 Å². The lowest BCUT2D eigenvalue weighted by Gasteiger charge is -2.46. The molecule has 2 heteroatoms. The highest BCUT2D eigenvalue weighted by Crippen LogP contribution is 2.45. The van der Waals surface area contributed by atoms with Crippen molar-refractivity contribution in [3.05, 3.63) is 35.9 Å². The van der Waals surface area contributed by atoms with Gasteiger partial charge in [-0.25, -0.2) is 0 Å². The quantitative estimate of drug-likeness (QED) is 0.804. The van der Waals surface area contributed by atoms with Gasteiger partial charge in [-0.2, -0.15) is 0 Å². The molecule has 3 rings (SSSR count). The Hall–Kier alpha value is -1.31. The summed E-state index contributed by atoms with van der Waals surface area (Å²) in [5.74, 6) is 1.65. The molecule has 2 unspecified atom stereocenters. The molecule has 0 spiro atoms. The maximum absolute atomic E-state index is 13.1. The summed E-state index contributed by atoms with van der Waals surface area (Å²) in [6, 6.07) is 10.4. The second kappa shape index (κ2) is 5.23. The first-order valence-electron chi connectivity index (χ1n) is 7.97. The number of nitrogens with zero attached hydrogens (tertiary/aromatic N) is 1. The van der Waals surface area contributed by atoms with Gasteiger partial charge in [-0.05, 0) is 36.7 Å². The summed E-state index contributed by atoms with van der Waals surface area (Å²) in [7, 11) is 0. The van der Waals surface area contributed by atoms with Crippen LogP contribution in [0.2, 0.25) is 0 Å². The predicted molar refractivity (Wildman–Crippen MR) is 81.5 cm³/mol. The van der Waals surface area contributed by atoms with Crippen molar-refractivity contribution >= 4 is 5.91 Å². The van der Waals surface area contributed by atoms with Crippen molar-refractivity contribution in [2.24, 2.45) is 11.8 Å². The highest BCUT2D eigenvalue weighted by atomic mass is 16.2. The number of hydrogen-bond donors (Lipinski definition) is 0. The molecule has 2 aliphatic rings. The van der Waals surface area contributed by atoms with Gasteiger partial charge in [0.05, 0.1) is 5.41 Å².